The first-order valence-electron chi connectivity index (χ1n) is 5.87. The Bertz CT molecular complexity index is 330. The molecule has 0 N–H and O–H groups in total. The highest BCUT2D eigenvalue weighted by atomic mass is 32.1. The van der Waals surface area contributed by atoms with Crippen LogP contribution >= 0.6 is 11.3 Å². The molecule has 0 bridgehead atoms. The van der Waals surface area contributed by atoms with Gasteiger partial charge in [-0.15, -0.1) is 11.3 Å². The van der Waals surface area contributed by atoms with Crippen LogP contribution in [0.1, 0.15) is 42.4 Å². The molecule has 1 nitrogen and oxygen atoms in total. The van der Waals surface area contributed by atoms with Crippen molar-refractivity contribution in [3.05, 3.63) is 21.9 Å². The summed E-state index contributed by atoms with van der Waals surface area (Å²) in [5.74, 6) is 1.22. The Hall–Kier alpha value is -0.630. The third-order valence-corrected chi connectivity index (χ3v) is 4.47. The van der Waals surface area contributed by atoms with Crippen LogP contribution in [0.4, 0.5) is 0 Å². The number of thiophene rings is 1. The monoisotopic (exact) mass is 222 g/mol. The van der Waals surface area contributed by atoms with Crippen molar-refractivity contribution in [1.82, 2.24) is 0 Å². The SMILES string of the molecule is CCc1ccc(CC2CCC(=O)CC2)s1. The first-order valence-corrected chi connectivity index (χ1v) is 6.69. The first kappa shape index (κ1) is 10.9. The van der Waals surface area contributed by atoms with Gasteiger partial charge in [0, 0.05) is 22.6 Å². The van der Waals surface area contributed by atoms with E-state index in [0.717, 1.165) is 38.0 Å². The molecule has 1 aliphatic rings. The minimum absolute atomic E-state index is 0.465. The molecule has 0 aromatic carbocycles. The highest BCUT2D eigenvalue weighted by Gasteiger charge is 2.19. The van der Waals surface area contributed by atoms with Crippen LogP contribution in [0.3, 0.4) is 0 Å². The van der Waals surface area contributed by atoms with Crippen molar-refractivity contribution in [1.29, 1.82) is 0 Å². The molecule has 1 aromatic rings. The van der Waals surface area contributed by atoms with E-state index >= 15 is 0 Å². The summed E-state index contributed by atoms with van der Waals surface area (Å²) in [5.41, 5.74) is 0. The second-order valence-corrected chi connectivity index (χ2v) is 5.66. The highest BCUT2D eigenvalue weighted by molar-refractivity contribution is 7.11. The molecule has 0 radical (unpaired) electrons. The number of Topliss-reactive ketones (excluding diaryl/α,β-unsaturated/α-hetero) is 1. The van der Waals surface area contributed by atoms with Crippen molar-refractivity contribution in [3.8, 4) is 0 Å². The third-order valence-electron chi connectivity index (χ3n) is 3.22. The van der Waals surface area contributed by atoms with Gasteiger partial charge in [0.2, 0.25) is 0 Å². The highest BCUT2D eigenvalue weighted by Crippen LogP contribution is 2.28. The van der Waals surface area contributed by atoms with Gasteiger partial charge >= 0.3 is 0 Å². The van der Waals surface area contributed by atoms with E-state index in [9.17, 15) is 4.79 Å². The van der Waals surface area contributed by atoms with Crippen molar-refractivity contribution >= 4 is 17.1 Å². The van der Waals surface area contributed by atoms with Gasteiger partial charge in [-0.1, -0.05) is 6.92 Å². The average molecular weight is 222 g/mol. The zero-order chi connectivity index (χ0) is 10.7. The second kappa shape index (κ2) is 4.93. The van der Waals surface area contributed by atoms with E-state index in [2.05, 4.69) is 19.1 Å². The van der Waals surface area contributed by atoms with Crippen molar-refractivity contribution in [2.75, 3.05) is 0 Å². The van der Waals surface area contributed by atoms with Crippen molar-refractivity contribution in [2.45, 2.75) is 45.4 Å². The largest absolute Gasteiger partial charge is 0.300 e. The van der Waals surface area contributed by atoms with Crippen LogP contribution in [0, 0.1) is 5.92 Å². The summed E-state index contributed by atoms with van der Waals surface area (Å²) in [6.07, 6.45) is 6.19. The predicted octanol–water partition coefficient (Wildman–Crippen LogP) is 3.61. The Morgan fingerprint density at radius 1 is 1.27 bits per heavy atom. The number of hydrogen-bond acceptors (Lipinski definition) is 2. The molecule has 0 atom stereocenters. The summed E-state index contributed by atoms with van der Waals surface area (Å²) >= 11 is 1.94. The molecule has 15 heavy (non-hydrogen) atoms. The van der Waals surface area contributed by atoms with E-state index in [1.54, 1.807) is 0 Å². The Labute approximate surface area is 95.5 Å². The maximum Gasteiger partial charge on any atom is 0.132 e. The van der Waals surface area contributed by atoms with Gasteiger partial charge in [0.05, 0.1) is 0 Å². The van der Waals surface area contributed by atoms with E-state index in [4.69, 9.17) is 0 Å². The summed E-state index contributed by atoms with van der Waals surface area (Å²) in [6.45, 7) is 2.20. The van der Waals surface area contributed by atoms with Crippen LogP contribution < -0.4 is 0 Å². The van der Waals surface area contributed by atoms with E-state index < -0.39 is 0 Å². The fourth-order valence-electron chi connectivity index (χ4n) is 2.21. The number of aryl methyl sites for hydroxylation is 1. The van der Waals surface area contributed by atoms with Gasteiger partial charge in [0.15, 0.2) is 0 Å². The first-order chi connectivity index (χ1) is 7.28. The average Bonchev–Trinajstić information content (AvgIpc) is 2.69. The van der Waals surface area contributed by atoms with Crippen LogP contribution in [0.2, 0.25) is 0 Å². The number of hydrogen-bond donors (Lipinski definition) is 0. The minimum atomic E-state index is 0.465. The maximum absolute atomic E-state index is 11.1. The molecule has 1 aromatic heterocycles. The summed E-state index contributed by atoms with van der Waals surface area (Å²) < 4.78 is 0. The van der Waals surface area contributed by atoms with E-state index in [-0.39, 0.29) is 0 Å². The van der Waals surface area contributed by atoms with Crippen molar-refractivity contribution in [3.63, 3.8) is 0 Å². The Morgan fingerprint density at radius 2 is 1.93 bits per heavy atom. The van der Waals surface area contributed by atoms with Gasteiger partial charge in [-0.3, -0.25) is 4.79 Å². The molecular formula is C13H18OS. The number of carbonyl (C=O) groups is 1. The van der Waals surface area contributed by atoms with E-state index in [0.29, 0.717) is 5.78 Å². The maximum atomic E-state index is 11.1. The molecule has 1 saturated carbocycles. The fraction of sp³-hybridized carbons (Fsp3) is 0.615. The minimum Gasteiger partial charge on any atom is -0.300 e. The lowest BCUT2D eigenvalue weighted by Gasteiger charge is -2.19. The molecule has 82 valence electrons. The molecule has 1 heterocycles. The van der Waals surface area contributed by atoms with Gasteiger partial charge < -0.3 is 0 Å². The van der Waals surface area contributed by atoms with E-state index in [1.165, 1.54) is 16.2 Å². The Balaban J connectivity index is 1.88. The lowest BCUT2D eigenvalue weighted by Crippen LogP contribution is -2.15. The molecule has 0 unspecified atom stereocenters. The molecule has 1 aliphatic carbocycles. The zero-order valence-electron chi connectivity index (χ0n) is 9.29. The lowest BCUT2D eigenvalue weighted by molar-refractivity contribution is -0.120. The fourth-order valence-corrected chi connectivity index (χ4v) is 3.28. The Morgan fingerprint density at radius 3 is 2.53 bits per heavy atom. The quantitative estimate of drug-likeness (QED) is 0.763. The van der Waals surface area contributed by atoms with Crippen LogP contribution in [0.5, 0.6) is 0 Å². The standard InChI is InChI=1S/C13H18OS/c1-2-12-7-8-13(15-12)9-10-3-5-11(14)6-4-10/h7-8,10H,2-6,9H2,1H3. The normalized spacial score (nSPS) is 18.3. The summed E-state index contributed by atoms with van der Waals surface area (Å²) in [5, 5.41) is 0. The van der Waals surface area contributed by atoms with Crippen molar-refractivity contribution < 1.29 is 4.79 Å². The summed E-state index contributed by atoms with van der Waals surface area (Å²) in [6, 6.07) is 4.51. The second-order valence-electron chi connectivity index (χ2n) is 4.41. The predicted molar refractivity (Wildman–Crippen MR) is 64.4 cm³/mol. The van der Waals surface area contributed by atoms with E-state index in [1.807, 2.05) is 11.3 Å². The Kier molecular flexibility index (Phi) is 3.57. The summed E-state index contributed by atoms with van der Waals surface area (Å²) in [7, 11) is 0. The van der Waals surface area contributed by atoms with Gasteiger partial charge in [0.1, 0.15) is 5.78 Å². The molecule has 2 heteroatoms. The lowest BCUT2D eigenvalue weighted by atomic mass is 9.86. The van der Waals surface area contributed by atoms with Crippen LogP contribution in [0.15, 0.2) is 12.1 Å². The smallest absolute Gasteiger partial charge is 0.132 e. The van der Waals surface area contributed by atoms with Gasteiger partial charge in [-0.25, -0.2) is 0 Å². The van der Waals surface area contributed by atoms with Gasteiger partial charge in [0.25, 0.3) is 0 Å². The molecule has 0 saturated heterocycles. The zero-order valence-corrected chi connectivity index (χ0v) is 10.1. The van der Waals surface area contributed by atoms with Gasteiger partial charge in [-0.05, 0) is 43.7 Å². The molecule has 0 aliphatic heterocycles. The van der Waals surface area contributed by atoms with Crippen LogP contribution in [-0.4, -0.2) is 5.78 Å². The van der Waals surface area contributed by atoms with Gasteiger partial charge in [-0.2, -0.15) is 0 Å². The summed E-state index contributed by atoms with van der Waals surface area (Å²) in [4.78, 5) is 14.1. The number of carbonyl (C=O) groups excluding carboxylic acids is 1. The number of rotatable bonds is 3. The van der Waals surface area contributed by atoms with Crippen molar-refractivity contribution in [2.24, 2.45) is 5.92 Å². The third kappa shape index (κ3) is 2.91. The molecule has 0 amide bonds. The number of ketones is 1. The molecular weight excluding hydrogens is 204 g/mol. The molecule has 2 rings (SSSR count). The molecule has 1 fully saturated rings. The van der Waals surface area contributed by atoms with Crippen LogP contribution in [0.25, 0.3) is 0 Å². The topological polar surface area (TPSA) is 17.1 Å². The van der Waals surface area contributed by atoms with Crippen LogP contribution in [-0.2, 0) is 17.6 Å². The molecule has 0 spiro atoms.